The van der Waals surface area contributed by atoms with Gasteiger partial charge < -0.3 is 0 Å². The number of carbonyl (C=O) groups is 1. The number of ketones is 1. The largest absolute Gasteiger partial charge is 0.301 e. The molecular weight excluding hydrogens is 468 g/mol. The molecule has 1 N–H and O–H groups in total. The zero-order chi connectivity index (χ0) is 20.9. The number of benzene rings is 1. The maximum absolute atomic E-state index is 15.0. The van der Waals surface area contributed by atoms with Crippen molar-refractivity contribution in [1.82, 2.24) is 9.29 Å². The van der Waals surface area contributed by atoms with Gasteiger partial charge in [0.05, 0.1) is 16.9 Å². The second kappa shape index (κ2) is 7.26. The zero-order valence-electron chi connectivity index (χ0n) is 15.2. The fourth-order valence-electron chi connectivity index (χ4n) is 3.21. The van der Waals surface area contributed by atoms with E-state index in [1.165, 1.54) is 7.05 Å². The van der Waals surface area contributed by atoms with Crippen LogP contribution in [0.5, 0.6) is 0 Å². The second-order valence-corrected chi connectivity index (χ2v) is 9.58. The monoisotopic (exact) mass is 483 g/mol. The van der Waals surface area contributed by atoms with Gasteiger partial charge in [0.1, 0.15) is 5.82 Å². The van der Waals surface area contributed by atoms with Gasteiger partial charge in [-0.1, -0.05) is 6.08 Å². The summed E-state index contributed by atoms with van der Waals surface area (Å²) in [6, 6.07) is 3.37. The van der Waals surface area contributed by atoms with E-state index >= 15 is 4.39 Å². The number of nitrogens with one attached hydrogen (secondary N) is 1. The normalized spacial score (nSPS) is 16.0. The van der Waals surface area contributed by atoms with E-state index in [0.717, 1.165) is 29.3 Å². The van der Waals surface area contributed by atoms with Crippen LogP contribution in [0.4, 0.5) is 14.5 Å². The first kappa shape index (κ1) is 20.1. The molecule has 0 aliphatic heterocycles. The molecule has 10 heteroatoms. The molecule has 6 nitrogen and oxygen atoms in total. The second-order valence-electron chi connectivity index (χ2n) is 6.94. The highest BCUT2D eigenvalue weighted by atomic mass is 79.9. The zero-order valence-corrected chi connectivity index (χ0v) is 17.6. The summed E-state index contributed by atoms with van der Waals surface area (Å²) in [6.07, 6.45) is 4.95. The summed E-state index contributed by atoms with van der Waals surface area (Å²) in [5.74, 6) is -3.18. The minimum absolute atomic E-state index is 0.127. The van der Waals surface area contributed by atoms with E-state index in [4.69, 9.17) is 0 Å². The third-order valence-electron chi connectivity index (χ3n) is 4.97. The molecule has 1 heterocycles. The lowest BCUT2D eigenvalue weighted by Gasteiger charge is -2.18. The molecule has 0 amide bonds. The van der Waals surface area contributed by atoms with Crippen molar-refractivity contribution in [2.75, 3.05) is 11.8 Å². The van der Waals surface area contributed by atoms with Crippen LogP contribution in [0.1, 0.15) is 34.5 Å². The Hall–Kier alpha value is -2.17. The van der Waals surface area contributed by atoms with Gasteiger partial charge in [0.15, 0.2) is 11.6 Å². The van der Waals surface area contributed by atoms with Gasteiger partial charge in [-0.2, -0.15) is 12.7 Å². The number of rotatable bonds is 6. The molecule has 0 atom stereocenters. The van der Waals surface area contributed by atoms with Gasteiger partial charge in [-0.05, 0) is 47.0 Å². The smallest absolute Gasteiger partial charge is 0.288 e. The average Bonchev–Trinajstić information content (AvgIpc) is 3.43. The van der Waals surface area contributed by atoms with Gasteiger partial charge >= 0.3 is 10.2 Å². The van der Waals surface area contributed by atoms with Crippen LogP contribution in [0.3, 0.4) is 0 Å². The van der Waals surface area contributed by atoms with E-state index in [0.29, 0.717) is 22.2 Å². The third kappa shape index (κ3) is 3.72. The number of fused-ring (bicyclic) bond motifs is 1. The van der Waals surface area contributed by atoms with Crippen LogP contribution in [0.25, 0.3) is 5.57 Å². The third-order valence-corrected chi connectivity index (χ3v) is 6.94. The molecule has 1 aromatic carbocycles. The molecule has 2 aliphatic carbocycles. The van der Waals surface area contributed by atoms with Crippen molar-refractivity contribution in [1.29, 1.82) is 0 Å². The summed E-state index contributed by atoms with van der Waals surface area (Å²) in [5.41, 5.74) is -0.0450. The van der Waals surface area contributed by atoms with Crippen molar-refractivity contribution in [3.63, 3.8) is 0 Å². The number of pyridine rings is 1. The Labute approximate surface area is 174 Å². The highest BCUT2D eigenvalue weighted by molar-refractivity contribution is 9.10. The molecular formula is C19H16BrF2N3O3S. The topological polar surface area (TPSA) is 79.4 Å². The Morgan fingerprint density at radius 1 is 1.31 bits per heavy atom. The number of nitrogens with zero attached hydrogens (tertiary/aromatic N) is 2. The molecule has 0 unspecified atom stereocenters. The maximum atomic E-state index is 15.0. The predicted molar refractivity (Wildman–Crippen MR) is 108 cm³/mol. The number of Topliss-reactive ketones (excluding diaryl/α,β-unsaturated/α-hetero) is 1. The van der Waals surface area contributed by atoms with Crippen molar-refractivity contribution in [3.05, 3.63) is 63.4 Å². The van der Waals surface area contributed by atoms with Crippen LogP contribution in [0.15, 0.2) is 34.9 Å². The quantitative estimate of drug-likeness (QED) is 0.635. The lowest BCUT2D eigenvalue weighted by molar-refractivity contribution is 0.104. The van der Waals surface area contributed by atoms with Crippen LogP contribution < -0.4 is 4.72 Å². The highest BCUT2D eigenvalue weighted by Gasteiger charge is 2.35. The van der Waals surface area contributed by atoms with Crippen LogP contribution in [-0.4, -0.2) is 36.6 Å². The van der Waals surface area contributed by atoms with Gasteiger partial charge in [0.25, 0.3) is 0 Å². The molecule has 1 saturated carbocycles. The van der Waals surface area contributed by atoms with Gasteiger partial charge in [0, 0.05) is 41.3 Å². The minimum atomic E-state index is -4.02. The molecule has 0 saturated heterocycles. The summed E-state index contributed by atoms with van der Waals surface area (Å²) in [6.45, 7) is 0. The van der Waals surface area contributed by atoms with Gasteiger partial charge in [-0.15, -0.1) is 0 Å². The Kier molecular flexibility index (Phi) is 5.04. The number of aromatic nitrogens is 1. The summed E-state index contributed by atoms with van der Waals surface area (Å²) >= 11 is 3.27. The standard InChI is InChI=1S/C19H16BrF2N3O3S/c1-25(11-2-3-11)29(27,28)24-16-7-5-14(21)17(18(16)22)19(26)12-4-6-15-13(12)8-10(20)9-23-15/h4-5,7-9,11,24H,2-3,6H2,1H3. The highest BCUT2D eigenvalue weighted by Crippen LogP contribution is 2.34. The number of allylic oxidation sites excluding steroid dienone is 2. The maximum Gasteiger partial charge on any atom is 0.301 e. The molecule has 4 rings (SSSR count). The van der Waals surface area contributed by atoms with Crippen molar-refractivity contribution >= 4 is 43.2 Å². The molecule has 0 bridgehead atoms. The van der Waals surface area contributed by atoms with Crippen molar-refractivity contribution in [2.45, 2.75) is 25.3 Å². The van der Waals surface area contributed by atoms with Crippen molar-refractivity contribution in [2.24, 2.45) is 0 Å². The lowest BCUT2D eigenvalue weighted by atomic mass is 9.98. The van der Waals surface area contributed by atoms with E-state index in [-0.39, 0.29) is 11.6 Å². The molecule has 1 fully saturated rings. The van der Waals surface area contributed by atoms with Gasteiger partial charge in [0.2, 0.25) is 0 Å². The van der Waals surface area contributed by atoms with Crippen LogP contribution in [-0.2, 0) is 16.6 Å². The molecule has 2 aromatic rings. The molecule has 29 heavy (non-hydrogen) atoms. The Morgan fingerprint density at radius 2 is 2.03 bits per heavy atom. The first-order chi connectivity index (χ1) is 13.7. The minimum Gasteiger partial charge on any atom is -0.288 e. The van der Waals surface area contributed by atoms with Crippen molar-refractivity contribution < 1.29 is 22.0 Å². The lowest BCUT2D eigenvalue weighted by Crippen LogP contribution is -2.34. The number of carbonyl (C=O) groups excluding carboxylic acids is 1. The van der Waals surface area contributed by atoms with Gasteiger partial charge in [-0.25, -0.2) is 8.78 Å². The molecule has 0 radical (unpaired) electrons. The van der Waals surface area contributed by atoms with E-state index < -0.39 is 38.9 Å². The van der Waals surface area contributed by atoms with E-state index in [2.05, 4.69) is 25.6 Å². The van der Waals surface area contributed by atoms with E-state index in [1.807, 2.05) is 0 Å². The predicted octanol–water partition coefficient (Wildman–Crippen LogP) is 3.70. The molecule has 1 aromatic heterocycles. The van der Waals surface area contributed by atoms with E-state index in [9.17, 15) is 17.6 Å². The first-order valence-electron chi connectivity index (χ1n) is 8.82. The van der Waals surface area contributed by atoms with Gasteiger partial charge in [-0.3, -0.25) is 14.5 Å². The number of anilines is 1. The fraction of sp³-hybridized carbons (Fsp3) is 0.263. The molecule has 0 spiro atoms. The average molecular weight is 484 g/mol. The summed E-state index contributed by atoms with van der Waals surface area (Å²) < 4.78 is 58.1. The molecule has 152 valence electrons. The Bertz CT molecular complexity index is 1160. The van der Waals surface area contributed by atoms with E-state index in [1.54, 1.807) is 18.3 Å². The number of hydrogen-bond donors (Lipinski definition) is 1. The molecule has 2 aliphatic rings. The van der Waals surface area contributed by atoms with Crippen LogP contribution >= 0.6 is 15.9 Å². The van der Waals surface area contributed by atoms with Crippen LogP contribution in [0.2, 0.25) is 0 Å². The summed E-state index contributed by atoms with van der Waals surface area (Å²) in [5, 5.41) is 0. The summed E-state index contributed by atoms with van der Waals surface area (Å²) in [4.78, 5) is 17.2. The number of hydrogen-bond acceptors (Lipinski definition) is 4. The Balaban J connectivity index is 1.70. The first-order valence-corrected chi connectivity index (χ1v) is 11.1. The SMILES string of the molecule is CN(C1CC1)S(=O)(=O)Nc1ccc(F)c(C(=O)C2=CCc3ncc(Br)cc32)c1F. The van der Waals surface area contributed by atoms with Crippen molar-refractivity contribution in [3.8, 4) is 0 Å². The Morgan fingerprint density at radius 3 is 2.72 bits per heavy atom. The fourth-order valence-corrected chi connectivity index (χ4v) is 4.72. The van der Waals surface area contributed by atoms with Crippen LogP contribution in [0, 0.1) is 11.6 Å². The number of halogens is 3. The summed E-state index contributed by atoms with van der Waals surface area (Å²) in [7, 11) is -2.63.